The first-order chi connectivity index (χ1) is 13.0. The summed E-state index contributed by atoms with van der Waals surface area (Å²) in [6.45, 7) is 3.93. The van der Waals surface area contributed by atoms with Crippen LogP contribution in [0.15, 0.2) is 30.3 Å². The quantitative estimate of drug-likeness (QED) is 0.903. The second-order valence-corrected chi connectivity index (χ2v) is 7.83. The van der Waals surface area contributed by atoms with Gasteiger partial charge < -0.3 is 10.0 Å². The Hall–Kier alpha value is -2.63. The van der Waals surface area contributed by atoms with Crippen LogP contribution in [0.4, 0.5) is 0 Å². The summed E-state index contributed by atoms with van der Waals surface area (Å²) in [5.74, 6) is -0.873. The molecule has 1 saturated heterocycles. The highest BCUT2D eigenvalue weighted by Gasteiger charge is 2.48. The third-order valence-electron chi connectivity index (χ3n) is 5.99. The van der Waals surface area contributed by atoms with E-state index in [9.17, 15) is 14.7 Å². The maximum Gasteiger partial charge on any atom is 0.326 e. The Balaban J connectivity index is 1.66. The van der Waals surface area contributed by atoms with E-state index in [1.165, 1.54) is 0 Å². The van der Waals surface area contributed by atoms with Crippen molar-refractivity contribution in [3.8, 4) is 5.69 Å². The summed E-state index contributed by atoms with van der Waals surface area (Å²) in [4.78, 5) is 26.7. The standard InChI is InChI=1S/C21H25N3O3/c1-13-7-9-16(10-8-13)24-14(2)11-17(22-24)20(25)23-18-6-4-3-5-15(18)12-19(23)21(26)27/h7-11,15,18-19H,3-6,12H2,1-2H3,(H,26,27). The molecule has 2 aliphatic rings. The van der Waals surface area contributed by atoms with Gasteiger partial charge in [0.2, 0.25) is 0 Å². The SMILES string of the molecule is Cc1ccc(-n2nc(C(=O)N3C(C(=O)O)CC4CCCCC43)cc2C)cc1. The number of likely N-dealkylation sites (tertiary alicyclic amines) is 1. The number of carboxylic acids is 1. The molecule has 1 aromatic carbocycles. The van der Waals surface area contributed by atoms with Gasteiger partial charge in [0.05, 0.1) is 5.69 Å². The molecule has 0 spiro atoms. The predicted molar refractivity (Wildman–Crippen MR) is 101 cm³/mol. The first-order valence-corrected chi connectivity index (χ1v) is 9.65. The van der Waals surface area contributed by atoms with Gasteiger partial charge in [-0.3, -0.25) is 4.79 Å². The number of aryl methyl sites for hydroxylation is 2. The molecule has 3 unspecified atom stereocenters. The second-order valence-electron chi connectivity index (χ2n) is 7.83. The number of fused-ring (bicyclic) bond motifs is 1. The number of rotatable bonds is 3. The molecule has 1 aliphatic carbocycles. The Bertz CT molecular complexity index is 871. The lowest BCUT2D eigenvalue weighted by Gasteiger charge is -2.32. The summed E-state index contributed by atoms with van der Waals surface area (Å²) in [7, 11) is 0. The van der Waals surface area contributed by atoms with Crippen LogP contribution in [-0.4, -0.2) is 43.7 Å². The Morgan fingerprint density at radius 3 is 2.52 bits per heavy atom. The Labute approximate surface area is 158 Å². The molecule has 4 rings (SSSR count). The fourth-order valence-corrected chi connectivity index (χ4v) is 4.63. The number of hydrogen-bond donors (Lipinski definition) is 1. The largest absolute Gasteiger partial charge is 0.480 e. The average Bonchev–Trinajstić information content (AvgIpc) is 3.23. The fourth-order valence-electron chi connectivity index (χ4n) is 4.63. The van der Waals surface area contributed by atoms with E-state index in [4.69, 9.17) is 0 Å². The van der Waals surface area contributed by atoms with E-state index < -0.39 is 12.0 Å². The van der Waals surface area contributed by atoms with E-state index in [1.54, 1.807) is 15.6 Å². The first kappa shape index (κ1) is 17.8. The molecule has 2 aromatic rings. The van der Waals surface area contributed by atoms with Crippen molar-refractivity contribution < 1.29 is 14.7 Å². The number of carbonyl (C=O) groups excluding carboxylic acids is 1. The maximum absolute atomic E-state index is 13.3. The van der Waals surface area contributed by atoms with Crippen LogP contribution in [0, 0.1) is 19.8 Å². The highest BCUT2D eigenvalue weighted by molar-refractivity contribution is 5.96. The maximum atomic E-state index is 13.3. The number of benzene rings is 1. The number of hydrogen-bond acceptors (Lipinski definition) is 3. The molecule has 1 N–H and O–H groups in total. The van der Waals surface area contributed by atoms with Gasteiger partial charge in [0.1, 0.15) is 6.04 Å². The molecule has 1 aromatic heterocycles. The van der Waals surface area contributed by atoms with Gasteiger partial charge in [-0.05, 0) is 57.2 Å². The number of aromatic nitrogens is 2. The van der Waals surface area contributed by atoms with Crippen molar-refractivity contribution in [2.45, 2.75) is 58.0 Å². The van der Waals surface area contributed by atoms with E-state index in [1.807, 2.05) is 38.1 Å². The highest BCUT2D eigenvalue weighted by Crippen LogP contribution is 2.40. The van der Waals surface area contributed by atoms with Crippen molar-refractivity contribution in [2.75, 3.05) is 0 Å². The molecule has 2 fully saturated rings. The van der Waals surface area contributed by atoms with Gasteiger partial charge in [0.15, 0.2) is 5.69 Å². The van der Waals surface area contributed by atoms with E-state index in [0.29, 0.717) is 18.0 Å². The van der Waals surface area contributed by atoms with E-state index in [0.717, 1.165) is 42.6 Å². The van der Waals surface area contributed by atoms with Crippen molar-refractivity contribution in [2.24, 2.45) is 5.92 Å². The van der Waals surface area contributed by atoms with Crippen molar-refractivity contribution in [3.05, 3.63) is 47.3 Å². The summed E-state index contributed by atoms with van der Waals surface area (Å²) in [6, 6.07) is 8.99. The monoisotopic (exact) mass is 367 g/mol. The number of carboxylic acid groups (broad SMARTS) is 1. The predicted octanol–water partition coefficient (Wildman–Crippen LogP) is 3.35. The van der Waals surface area contributed by atoms with Crippen LogP contribution in [0.3, 0.4) is 0 Å². The summed E-state index contributed by atoms with van der Waals surface area (Å²) in [6.07, 6.45) is 4.63. The molecule has 6 nitrogen and oxygen atoms in total. The van der Waals surface area contributed by atoms with Crippen LogP contribution < -0.4 is 0 Å². The Morgan fingerprint density at radius 1 is 1.11 bits per heavy atom. The number of nitrogens with zero attached hydrogens (tertiary/aromatic N) is 3. The zero-order chi connectivity index (χ0) is 19.1. The van der Waals surface area contributed by atoms with Gasteiger partial charge in [0, 0.05) is 11.7 Å². The molecule has 1 amide bonds. The molecule has 0 bridgehead atoms. The Kier molecular flexibility index (Phi) is 4.50. The molecular weight excluding hydrogens is 342 g/mol. The third-order valence-corrected chi connectivity index (χ3v) is 5.99. The zero-order valence-corrected chi connectivity index (χ0v) is 15.8. The minimum absolute atomic E-state index is 0.0252. The smallest absolute Gasteiger partial charge is 0.326 e. The lowest BCUT2D eigenvalue weighted by Crippen LogP contribution is -2.46. The van der Waals surface area contributed by atoms with Gasteiger partial charge >= 0.3 is 5.97 Å². The number of amides is 1. The fraction of sp³-hybridized carbons (Fsp3) is 0.476. The van der Waals surface area contributed by atoms with Crippen molar-refractivity contribution in [1.82, 2.24) is 14.7 Å². The van der Waals surface area contributed by atoms with Gasteiger partial charge in [-0.2, -0.15) is 5.10 Å². The van der Waals surface area contributed by atoms with Crippen molar-refractivity contribution in [3.63, 3.8) is 0 Å². The third kappa shape index (κ3) is 3.13. The van der Waals surface area contributed by atoms with E-state index >= 15 is 0 Å². The van der Waals surface area contributed by atoms with Crippen LogP contribution in [-0.2, 0) is 4.79 Å². The normalized spacial score (nSPS) is 24.7. The van der Waals surface area contributed by atoms with Crippen LogP contribution in [0.2, 0.25) is 0 Å². The van der Waals surface area contributed by atoms with Gasteiger partial charge in [-0.1, -0.05) is 30.5 Å². The van der Waals surface area contributed by atoms with Crippen LogP contribution >= 0.6 is 0 Å². The Morgan fingerprint density at radius 2 is 1.81 bits per heavy atom. The van der Waals surface area contributed by atoms with Crippen molar-refractivity contribution >= 4 is 11.9 Å². The van der Waals surface area contributed by atoms with Gasteiger partial charge in [-0.25, -0.2) is 9.48 Å². The summed E-state index contributed by atoms with van der Waals surface area (Å²) >= 11 is 0. The molecule has 27 heavy (non-hydrogen) atoms. The number of carbonyl (C=O) groups is 2. The van der Waals surface area contributed by atoms with E-state index in [-0.39, 0.29) is 11.9 Å². The summed E-state index contributed by atoms with van der Waals surface area (Å²) < 4.78 is 1.75. The molecule has 6 heteroatoms. The number of aliphatic carboxylic acids is 1. The molecule has 0 radical (unpaired) electrons. The van der Waals surface area contributed by atoms with Crippen molar-refractivity contribution in [1.29, 1.82) is 0 Å². The summed E-state index contributed by atoms with van der Waals surface area (Å²) in [5, 5.41) is 14.2. The molecule has 142 valence electrons. The highest BCUT2D eigenvalue weighted by atomic mass is 16.4. The molecular formula is C21H25N3O3. The first-order valence-electron chi connectivity index (χ1n) is 9.65. The van der Waals surface area contributed by atoms with E-state index in [2.05, 4.69) is 5.10 Å². The zero-order valence-electron chi connectivity index (χ0n) is 15.8. The average molecular weight is 367 g/mol. The molecule has 1 aliphatic heterocycles. The van der Waals surface area contributed by atoms with Crippen LogP contribution in [0.25, 0.3) is 5.69 Å². The topological polar surface area (TPSA) is 75.4 Å². The molecule has 1 saturated carbocycles. The molecule has 2 heterocycles. The van der Waals surface area contributed by atoms with Gasteiger partial charge in [-0.15, -0.1) is 0 Å². The lowest BCUT2D eigenvalue weighted by atomic mass is 9.84. The minimum atomic E-state index is -0.910. The van der Waals surface area contributed by atoms with Gasteiger partial charge in [0.25, 0.3) is 5.91 Å². The minimum Gasteiger partial charge on any atom is -0.480 e. The van der Waals surface area contributed by atoms with Crippen LogP contribution in [0.1, 0.15) is 53.8 Å². The second kappa shape index (κ2) is 6.83. The lowest BCUT2D eigenvalue weighted by molar-refractivity contribution is -0.141. The van der Waals surface area contributed by atoms with Crippen LogP contribution in [0.5, 0.6) is 0 Å². The summed E-state index contributed by atoms with van der Waals surface area (Å²) in [5.41, 5.74) is 3.23. The molecule has 3 atom stereocenters.